The van der Waals surface area contributed by atoms with Crippen molar-refractivity contribution in [3.05, 3.63) is 45.3 Å². The lowest BCUT2D eigenvalue weighted by atomic mass is 9.84. The van der Waals surface area contributed by atoms with E-state index in [0.717, 1.165) is 37.3 Å². The number of hydrogen-bond acceptors (Lipinski definition) is 4. The largest absolute Gasteiger partial charge is 0.365 e. The first-order chi connectivity index (χ1) is 14.5. The van der Waals surface area contributed by atoms with Crippen LogP contribution in [0.25, 0.3) is 0 Å². The van der Waals surface area contributed by atoms with Gasteiger partial charge < -0.3 is 11.1 Å². The summed E-state index contributed by atoms with van der Waals surface area (Å²) < 4.78 is 0. The Labute approximate surface area is 184 Å². The van der Waals surface area contributed by atoms with Gasteiger partial charge in [0.15, 0.2) is 0 Å². The first kappa shape index (κ1) is 19.8. The summed E-state index contributed by atoms with van der Waals surface area (Å²) in [6.45, 7) is 1.11. The fourth-order valence-electron chi connectivity index (χ4n) is 5.06. The van der Waals surface area contributed by atoms with Gasteiger partial charge in [0.05, 0.1) is 5.56 Å². The van der Waals surface area contributed by atoms with Crippen LogP contribution in [-0.2, 0) is 6.42 Å². The standard InChI is InChI=1S/C22H25ClN4O2S/c23-13-4-6-14(7-5-13)25-22(29)26-21-19(20(24)28)18-16-9-8-15(10-17(18)30-21)27(16)11-12-2-1-3-12/h4-7,12,15-16H,1-3,8-11H2,(H2,24,28)(H2,25,26,29)/t15-,16+/m0/s1. The minimum atomic E-state index is -0.469. The van der Waals surface area contributed by atoms with Crippen molar-refractivity contribution in [2.24, 2.45) is 11.7 Å². The van der Waals surface area contributed by atoms with Crippen molar-refractivity contribution >= 4 is 45.6 Å². The number of halogens is 1. The number of primary amides is 1. The Balaban J connectivity index is 1.39. The van der Waals surface area contributed by atoms with Gasteiger partial charge in [-0.3, -0.25) is 15.0 Å². The fourth-order valence-corrected chi connectivity index (χ4v) is 6.51. The Morgan fingerprint density at radius 2 is 1.90 bits per heavy atom. The van der Waals surface area contributed by atoms with E-state index in [4.69, 9.17) is 17.3 Å². The van der Waals surface area contributed by atoms with E-state index in [2.05, 4.69) is 15.5 Å². The Bertz CT molecular complexity index is 986. The molecule has 4 N–H and O–H groups in total. The number of amides is 3. The molecule has 158 valence electrons. The normalized spacial score (nSPS) is 23.0. The number of hydrogen-bond donors (Lipinski definition) is 3. The van der Waals surface area contributed by atoms with E-state index in [1.165, 1.54) is 35.5 Å². The van der Waals surface area contributed by atoms with E-state index >= 15 is 0 Å². The lowest BCUT2D eigenvalue weighted by Gasteiger charge is -2.39. The zero-order valence-corrected chi connectivity index (χ0v) is 18.2. The number of urea groups is 1. The molecule has 2 fully saturated rings. The number of benzene rings is 1. The number of carbonyl (C=O) groups is 2. The monoisotopic (exact) mass is 444 g/mol. The summed E-state index contributed by atoms with van der Waals surface area (Å²) >= 11 is 7.40. The SMILES string of the molecule is NC(=O)c1c(NC(=O)Nc2ccc(Cl)cc2)sc2c1[C@H]1CC[C@@H](C2)N1CC1CCC1. The molecule has 1 saturated carbocycles. The molecular weight excluding hydrogens is 420 g/mol. The Morgan fingerprint density at radius 1 is 1.13 bits per heavy atom. The number of anilines is 2. The van der Waals surface area contributed by atoms with Crippen LogP contribution in [0.3, 0.4) is 0 Å². The molecule has 8 heteroatoms. The first-order valence-corrected chi connectivity index (χ1v) is 11.7. The summed E-state index contributed by atoms with van der Waals surface area (Å²) in [6.07, 6.45) is 7.11. The molecule has 0 unspecified atom stereocenters. The molecule has 5 rings (SSSR count). The van der Waals surface area contributed by atoms with Gasteiger partial charge in [-0.05, 0) is 67.9 Å². The summed E-state index contributed by atoms with van der Waals surface area (Å²) in [4.78, 5) is 28.8. The maximum Gasteiger partial charge on any atom is 0.324 e. The van der Waals surface area contributed by atoms with Gasteiger partial charge in [0.25, 0.3) is 5.91 Å². The number of carbonyl (C=O) groups excluding carboxylic acids is 2. The average molecular weight is 445 g/mol. The van der Waals surface area contributed by atoms with Gasteiger partial charge in [-0.1, -0.05) is 18.0 Å². The lowest BCUT2D eigenvalue weighted by molar-refractivity contribution is 0.0987. The molecule has 1 aromatic carbocycles. The van der Waals surface area contributed by atoms with Gasteiger partial charge in [-0.25, -0.2) is 4.79 Å². The molecule has 1 saturated heterocycles. The zero-order valence-electron chi connectivity index (χ0n) is 16.6. The van der Waals surface area contributed by atoms with Crippen LogP contribution in [0.1, 0.15) is 58.9 Å². The molecule has 2 aromatic rings. The second kappa shape index (κ2) is 7.87. The van der Waals surface area contributed by atoms with Crippen molar-refractivity contribution in [1.82, 2.24) is 4.90 Å². The van der Waals surface area contributed by atoms with E-state index in [1.807, 2.05) is 0 Å². The molecule has 2 bridgehead atoms. The Kier molecular flexibility index (Phi) is 5.21. The predicted octanol–water partition coefficient (Wildman–Crippen LogP) is 5.01. The number of thiophene rings is 1. The van der Waals surface area contributed by atoms with E-state index in [1.54, 1.807) is 24.3 Å². The maximum absolute atomic E-state index is 12.6. The minimum absolute atomic E-state index is 0.243. The molecule has 6 nitrogen and oxygen atoms in total. The smallest absolute Gasteiger partial charge is 0.324 e. The van der Waals surface area contributed by atoms with Crippen molar-refractivity contribution in [3.8, 4) is 0 Å². The molecule has 3 amide bonds. The minimum Gasteiger partial charge on any atom is -0.365 e. The highest BCUT2D eigenvalue weighted by atomic mass is 35.5. The van der Waals surface area contributed by atoms with Gasteiger partial charge in [-0.15, -0.1) is 11.3 Å². The molecule has 1 aromatic heterocycles. The lowest BCUT2D eigenvalue weighted by Crippen LogP contribution is -2.41. The third-order valence-corrected chi connectivity index (χ3v) is 8.08. The number of nitrogens with one attached hydrogen (secondary N) is 2. The molecular formula is C22H25ClN4O2S. The van der Waals surface area contributed by atoms with Crippen LogP contribution in [0.2, 0.25) is 5.02 Å². The number of nitrogens with zero attached hydrogens (tertiary/aromatic N) is 1. The van der Waals surface area contributed by atoms with Crippen LogP contribution in [-0.4, -0.2) is 29.4 Å². The van der Waals surface area contributed by atoms with Crippen LogP contribution < -0.4 is 16.4 Å². The summed E-state index contributed by atoms with van der Waals surface area (Å²) in [5, 5.41) is 6.80. The number of fused-ring (bicyclic) bond motifs is 4. The molecule has 2 atom stereocenters. The highest BCUT2D eigenvalue weighted by Crippen LogP contribution is 2.51. The molecule has 1 aliphatic carbocycles. The third-order valence-electron chi connectivity index (χ3n) is 6.69. The van der Waals surface area contributed by atoms with Gasteiger partial charge in [0, 0.05) is 34.2 Å². The average Bonchev–Trinajstić information content (AvgIpc) is 3.16. The van der Waals surface area contributed by atoms with Crippen LogP contribution >= 0.6 is 22.9 Å². The number of nitrogens with two attached hydrogens (primary N) is 1. The van der Waals surface area contributed by atoms with Crippen molar-refractivity contribution in [2.45, 2.75) is 50.6 Å². The summed E-state index contributed by atoms with van der Waals surface area (Å²) in [7, 11) is 0. The van der Waals surface area contributed by atoms with E-state index < -0.39 is 11.9 Å². The first-order valence-electron chi connectivity index (χ1n) is 10.5. The third kappa shape index (κ3) is 3.59. The number of rotatable bonds is 5. The summed E-state index contributed by atoms with van der Waals surface area (Å²) in [5.41, 5.74) is 7.98. The summed E-state index contributed by atoms with van der Waals surface area (Å²) in [6, 6.07) is 7.27. The van der Waals surface area contributed by atoms with Gasteiger partial charge in [0.2, 0.25) is 0 Å². The van der Waals surface area contributed by atoms with Crippen molar-refractivity contribution < 1.29 is 9.59 Å². The van der Waals surface area contributed by atoms with Crippen molar-refractivity contribution in [1.29, 1.82) is 0 Å². The molecule has 2 aliphatic heterocycles. The van der Waals surface area contributed by atoms with E-state index in [0.29, 0.717) is 27.3 Å². The molecule has 3 heterocycles. The topological polar surface area (TPSA) is 87.5 Å². The quantitative estimate of drug-likeness (QED) is 0.605. The highest BCUT2D eigenvalue weighted by molar-refractivity contribution is 7.17. The summed E-state index contributed by atoms with van der Waals surface area (Å²) in [5.74, 6) is 0.316. The zero-order chi connectivity index (χ0) is 20.8. The van der Waals surface area contributed by atoms with E-state index in [9.17, 15) is 9.59 Å². The Morgan fingerprint density at radius 3 is 2.57 bits per heavy atom. The van der Waals surface area contributed by atoms with E-state index in [-0.39, 0.29) is 6.04 Å². The Hall–Kier alpha value is -2.09. The predicted molar refractivity (Wildman–Crippen MR) is 120 cm³/mol. The van der Waals surface area contributed by atoms with Crippen LogP contribution in [0, 0.1) is 5.92 Å². The van der Waals surface area contributed by atoms with Crippen molar-refractivity contribution in [2.75, 3.05) is 17.2 Å². The van der Waals surface area contributed by atoms with Crippen LogP contribution in [0.15, 0.2) is 24.3 Å². The van der Waals surface area contributed by atoms with Gasteiger partial charge >= 0.3 is 6.03 Å². The second-order valence-corrected chi connectivity index (χ2v) is 10.1. The van der Waals surface area contributed by atoms with Crippen LogP contribution in [0.5, 0.6) is 0 Å². The molecule has 0 spiro atoms. The van der Waals surface area contributed by atoms with Crippen molar-refractivity contribution in [3.63, 3.8) is 0 Å². The fraction of sp³-hybridized carbons (Fsp3) is 0.455. The molecule has 0 radical (unpaired) electrons. The second-order valence-electron chi connectivity index (χ2n) is 8.54. The van der Waals surface area contributed by atoms with Crippen LogP contribution in [0.4, 0.5) is 15.5 Å². The molecule has 3 aliphatic rings. The molecule has 30 heavy (non-hydrogen) atoms. The van der Waals surface area contributed by atoms with Gasteiger partial charge in [-0.2, -0.15) is 0 Å². The highest BCUT2D eigenvalue weighted by Gasteiger charge is 2.44. The maximum atomic E-state index is 12.6. The van der Waals surface area contributed by atoms with Gasteiger partial charge in [0.1, 0.15) is 5.00 Å².